The Balaban J connectivity index is 1.53. The van der Waals surface area contributed by atoms with Crippen molar-refractivity contribution >= 4 is 11.6 Å². The molecule has 1 N–H and O–H groups in total. The topological polar surface area (TPSA) is 32.3 Å². The monoisotopic (exact) mass is 244 g/mol. The first-order valence-electron chi connectivity index (χ1n) is 6.93. The number of likely N-dealkylation sites (tertiary alicyclic amines) is 1. The van der Waals surface area contributed by atoms with Gasteiger partial charge >= 0.3 is 0 Å². The molecule has 96 valence electrons. The van der Waals surface area contributed by atoms with Gasteiger partial charge in [-0.15, -0.1) is 0 Å². The van der Waals surface area contributed by atoms with Crippen molar-refractivity contribution < 1.29 is 4.79 Å². The molecule has 1 heterocycles. The fourth-order valence-corrected chi connectivity index (χ4v) is 2.76. The summed E-state index contributed by atoms with van der Waals surface area (Å²) in [6.07, 6.45) is 4.50. The third-order valence-electron chi connectivity index (χ3n) is 4.10. The molecule has 1 aromatic carbocycles. The van der Waals surface area contributed by atoms with Gasteiger partial charge in [-0.25, -0.2) is 0 Å². The van der Waals surface area contributed by atoms with E-state index < -0.39 is 0 Å². The minimum absolute atomic E-state index is 0.334. The first-order valence-corrected chi connectivity index (χ1v) is 6.93. The molecular formula is C15H20N2O. The summed E-state index contributed by atoms with van der Waals surface area (Å²) in [6, 6.07) is 10.7. The van der Waals surface area contributed by atoms with Crippen LogP contribution in [0.4, 0.5) is 5.69 Å². The molecule has 1 atom stereocenters. The third-order valence-corrected chi connectivity index (χ3v) is 4.10. The van der Waals surface area contributed by atoms with Crippen molar-refractivity contribution in [2.45, 2.75) is 31.7 Å². The van der Waals surface area contributed by atoms with Gasteiger partial charge in [0, 0.05) is 30.7 Å². The molecule has 0 spiro atoms. The molecule has 1 saturated carbocycles. The van der Waals surface area contributed by atoms with Crippen LogP contribution in [0, 0.1) is 5.92 Å². The Morgan fingerprint density at radius 2 is 1.94 bits per heavy atom. The largest absolute Gasteiger partial charge is 0.380 e. The second kappa shape index (κ2) is 5.01. The Labute approximate surface area is 108 Å². The Kier molecular flexibility index (Phi) is 3.22. The quantitative estimate of drug-likeness (QED) is 0.886. The summed E-state index contributed by atoms with van der Waals surface area (Å²) in [5.41, 5.74) is 1.15. The van der Waals surface area contributed by atoms with Crippen LogP contribution in [0.3, 0.4) is 0 Å². The number of carbonyl (C=O) groups is 1. The van der Waals surface area contributed by atoms with Gasteiger partial charge < -0.3 is 10.2 Å². The lowest BCUT2D eigenvalue weighted by Crippen LogP contribution is -2.38. The van der Waals surface area contributed by atoms with Crippen molar-refractivity contribution in [2.75, 3.05) is 18.4 Å². The minimum atomic E-state index is 0.334. The molecule has 18 heavy (non-hydrogen) atoms. The molecule has 0 bridgehead atoms. The van der Waals surface area contributed by atoms with Crippen LogP contribution in [-0.2, 0) is 4.79 Å². The van der Waals surface area contributed by atoms with Crippen LogP contribution in [-0.4, -0.2) is 29.9 Å². The highest BCUT2D eigenvalue weighted by Gasteiger charge is 2.33. The fourth-order valence-electron chi connectivity index (χ4n) is 2.76. The van der Waals surface area contributed by atoms with E-state index in [1.807, 2.05) is 23.1 Å². The highest BCUT2D eigenvalue weighted by Crippen LogP contribution is 2.29. The van der Waals surface area contributed by atoms with Crippen molar-refractivity contribution in [3.05, 3.63) is 30.3 Å². The van der Waals surface area contributed by atoms with E-state index in [4.69, 9.17) is 0 Å². The van der Waals surface area contributed by atoms with Crippen LogP contribution in [0.5, 0.6) is 0 Å². The van der Waals surface area contributed by atoms with Crippen LogP contribution in [0.2, 0.25) is 0 Å². The van der Waals surface area contributed by atoms with E-state index in [-0.39, 0.29) is 0 Å². The maximum Gasteiger partial charge on any atom is 0.225 e. The van der Waals surface area contributed by atoms with Gasteiger partial charge in [-0.3, -0.25) is 4.79 Å². The Morgan fingerprint density at radius 3 is 2.61 bits per heavy atom. The molecule has 1 amide bonds. The molecule has 0 aromatic heterocycles. The van der Waals surface area contributed by atoms with Gasteiger partial charge in [0.25, 0.3) is 0 Å². The lowest BCUT2D eigenvalue weighted by atomic mass is 9.84. The molecule has 1 saturated heterocycles. The third kappa shape index (κ3) is 2.35. The first-order chi connectivity index (χ1) is 8.83. The average molecular weight is 244 g/mol. The fraction of sp³-hybridized carbons (Fsp3) is 0.533. The van der Waals surface area contributed by atoms with E-state index in [9.17, 15) is 4.79 Å². The molecule has 3 heteroatoms. The molecular weight excluding hydrogens is 224 g/mol. The molecule has 1 aliphatic carbocycles. The summed E-state index contributed by atoms with van der Waals surface area (Å²) in [5, 5.41) is 3.51. The summed E-state index contributed by atoms with van der Waals surface area (Å²) in [5.74, 6) is 0.721. The average Bonchev–Trinajstić information content (AvgIpc) is 2.76. The van der Waals surface area contributed by atoms with Crippen molar-refractivity contribution in [3.8, 4) is 0 Å². The van der Waals surface area contributed by atoms with Gasteiger partial charge in [-0.05, 0) is 31.4 Å². The standard InChI is InChI=1S/C15H20N2O/c18-15(12-5-4-6-12)17-10-9-14(11-17)16-13-7-2-1-3-8-13/h1-3,7-8,12,14,16H,4-6,9-11H2. The zero-order chi connectivity index (χ0) is 12.4. The number of amides is 1. The normalized spacial score (nSPS) is 23.8. The van der Waals surface area contributed by atoms with E-state index in [0.29, 0.717) is 17.9 Å². The zero-order valence-electron chi connectivity index (χ0n) is 10.6. The minimum Gasteiger partial charge on any atom is -0.380 e. The van der Waals surface area contributed by atoms with Crippen LogP contribution in [0.1, 0.15) is 25.7 Å². The number of nitrogens with zero attached hydrogens (tertiary/aromatic N) is 1. The molecule has 1 unspecified atom stereocenters. The van der Waals surface area contributed by atoms with Crippen LogP contribution in [0.25, 0.3) is 0 Å². The molecule has 1 aliphatic heterocycles. The van der Waals surface area contributed by atoms with Crippen molar-refractivity contribution in [1.29, 1.82) is 0 Å². The number of nitrogens with one attached hydrogen (secondary N) is 1. The zero-order valence-corrected chi connectivity index (χ0v) is 10.6. The summed E-state index contributed by atoms with van der Waals surface area (Å²) >= 11 is 0. The van der Waals surface area contributed by atoms with Crippen LogP contribution < -0.4 is 5.32 Å². The molecule has 1 aromatic rings. The van der Waals surface area contributed by atoms with E-state index >= 15 is 0 Å². The van der Waals surface area contributed by atoms with E-state index in [1.54, 1.807) is 0 Å². The smallest absolute Gasteiger partial charge is 0.225 e. The van der Waals surface area contributed by atoms with Gasteiger partial charge in [-0.2, -0.15) is 0 Å². The Morgan fingerprint density at radius 1 is 1.17 bits per heavy atom. The second-order valence-electron chi connectivity index (χ2n) is 5.41. The van der Waals surface area contributed by atoms with Gasteiger partial charge in [0.1, 0.15) is 0 Å². The van der Waals surface area contributed by atoms with E-state index in [1.165, 1.54) is 6.42 Å². The highest BCUT2D eigenvalue weighted by molar-refractivity contribution is 5.80. The van der Waals surface area contributed by atoms with Crippen molar-refractivity contribution in [3.63, 3.8) is 0 Å². The number of rotatable bonds is 3. The molecule has 2 aliphatic rings. The molecule has 3 rings (SSSR count). The summed E-state index contributed by atoms with van der Waals surface area (Å²) in [7, 11) is 0. The predicted molar refractivity (Wildman–Crippen MR) is 72.4 cm³/mol. The van der Waals surface area contributed by atoms with Crippen molar-refractivity contribution in [2.24, 2.45) is 5.92 Å². The molecule has 3 nitrogen and oxygen atoms in total. The second-order valence-corrected chi connectivity index (χ2v) is 5.41. The van der Waals surface area contributed by atoms with Crippen LogP contribution >= 0.6 is 0 Å². The maximum absolute atomic E-state index is 12.1. The van der Waals surface area contributed by atoms with Gasteiger partial charge in [0.05, 0.1) is 0 Å². The van der Waals surface area contributed by atoms with Crippen molar-refractivity contribution in [1.82, 2.24) is 4.90 Å². The molecule has 0 radical (unpaired) electrons. The number of anilines is 1. The van der Waals surface area contributed by atoms with Gasteiger partial charge in [0.15, 0.2) is 0 Å². The summed E-state index contributed by atoms with van der Waals surface area (Å²) < 4.78 is 0. The lowest BCUT2D eigenvalue weighted by molar-refractivity contribution is -0.137. The number of hydrogen-bond acceptors (Lipinski definition) is 2. The van der Waals surface area contributed by atoms with E-state index in [0.717, 1.165) is 38.0 Å². The molecule has 2 fully saturated rings. The maximum atomic E-state index is 12.1. The number of carbonyl (C=O) groups excluding carboxylic acids is 1. The first kappa shape index (κ1) is 11.6. The number of para-hydroxylation sites is 1. The highest BCUT2D eigenvalue weighted by atomic mass is 16.2. The summed E-state index contributed by atoms with van der Waals surface area (Å²) in [6.45, 7) is 1.78. The lowest BCUT2D eigenvalue weighted by Gasteiger charge is -2.29. The Hall–Kier alpha value is -1.51. The predicted octanol–water partition coefficient (Wildman–Crippen LogP) is 2.50. The van der Waals surface area contributed by atoms with Gasteiger partial charge in [0.2, 0.25) is 5.91 Å². The van der Waals surface area contributed by atoms with E-state index in [2.05, 4.69) is 17.4 Å². The number of benzene rings is 1. The number of hydrogen-bond donors (Lipinski definition) is 1. The Bertz CT molecular complexity index is 414. The summed E-state index contributed by atoms with van der Waals surface area (Å²) in [4.78, 5) is 14.2. The SMILES string of the molecule is O=C(C1CCC1)N1CCC(Nc2ccccc2)C1. The van der Waals surface area contributed by atoms with Crippen LogP contribution in [0.15, 0.2) is 30.3 Å². The van der Waals surface area contributed by atoms with Gasteiger partial charge in [-0.1, -0.05) is 24.6 Å².